The molecule has 0 bridgehead atoms. The van der Waals surface area contributed by atoms with E-state index in [9.17, 15) is 0 Å². The minimum Gasteiger partial charge on any atom is -0.325 e. The maximum absolute atomic E-state index is 6.08. The molecular formula is C9H23N3. The van der Waals surface area contributed by atoms with Crippen LogP contribution in [-0.4, -0.2) is 56.1 Å². The van der Waals surface area contributed by atoms with E-state index in [1.165, 1.54) is 0 Å². The lowest BCUT2D eigenvalue weighted by Crippen LogP contribution is -2.53. The molecule has 0 aliphatic carbocycles. The Labute approximate surface area is 76.5 Å². The minimum absolute atomic E-state index is 0.204. The van der Waals surface area contributed by atoms with E-state index in [-0.39, 0.29) is 6.04 Å². The van der Waals surface area contributed by atoms with Gasteiger partial charge < -0.3 is 15.5 Å². The summed E-state index contributed by atoms with van der Waals surface area (Å²) >= 11 is 0. The molecule has 0 aliphatic rings. The van der Waals surface area contributed by atoms with Crippen molar-refractivity contribution < 1.29 is 0 Å². The van der Waals surface area contributed by atoms with Crippen molar-refractivity contribution in [2.75, 3.05) is 28.2 Å². The number of likely N-dealkylation sites (N-methyl/N-ethyl adjacent to an activating group) is 2. The van der Waals surface area contributed by atoms with Crippen molar-refractivity contribution in [1.82, 2.24) is 9.80 Å². The van der Waals surface area contributed by atoms with E-state index in [4.69, 9.17) is 5.73 Å². The Morgan fingerprint density at radius 2 is 1.08 bits per heavy atom. The van der Waals surface area contributed by atoms with Crippen LogP contribution in [0.3, 0.4) is 0 Å². The van der Waals surface area contributed by atoms with Crippen LogP contribution in [0.4, 0.5) is 0 Å². The van der Waals surface area contributed by atoms with E-state index in [1.807, 2.05) is 0 Å². The Balaban J connectivity index is 4.08. The molecule has 0 amide bonds. The average Bonchev–Trinajstić information content (AvgIpc) is 2.00. The molecule has 0 aromatic rings. The lowest BCUT2D eigenvalue weighted by molar-refractivity contribution is 0.187. The van der Waals surface area contributed by atoms with Gasteiger partial charge in [0.15, 0.2) is 0 Å². The summed E-state index contributed by atoms with van der Waals surface area (Å²) in [7, 11) is 8.25. The lowest BCUT2D eigenvalue weighted by atomic mass is 10.0. The summed E-state index contributed by atoms with van der Waals surface area (Å²) in [6.45, 7) is 4.31. The van der Waals surface area contributed by atoms with Gasteiger partial charge in [-0.15, -0.1) is 0 Å². The smallest absolute Gasteiger partial charge is 0.0349 e. The molecule has 0 saturated carbocycles. The van der Waals surface area contributed by atoms with Gasteiger partial charge in [-0.3, -0.25) is 0 Å². The van der Waals surface area contributed by atoms with E-state index in [0.29, 0.717) is 12.1 Å². The Morgan fingerprint density at radius 3 is 1.25 bits per heavy atom. The Kier molecular flexibility index (Phi) is 4.75. The van der Waals surface area contributed by atoms with Crippen molar-refractivity contribution >= 4 is 0 Å². The van der Waals surface area contributed by atoms with Crippen LogP contribution >= 0.6 is 0 Å². The molecule has 3 nitrogen and oxygen atoms in total. The standard InChI is InChI=1S/C9H23N3/c1-7(11(3)4)9(10)8(2)12(5)6/h7-9H,10H2,1-6H3. The van der Waals surface area contributed by atoms with Crippen molar-refractivity contribution in [3.63, 3.8) is 0 Å². The second kappa shape index (κ2) is 4.80. The van der Waals surface area contributed by atoms with Crippen LogP contribution < -0.4 is 5.73 Å². The predicted octanol–water partition coefficient (Wildman–Crippen LogP) is 0.214. The molecule has 2 atom stereocenters. The zero-order valence-electron chi connectivity index (χ0n) is 9.20. The maximum Gasteiger partial charge on any atom is 0.0349 e. The molecule has 74 valence electrons. The van der Waals surface area contributed by atoms with Gasteiger partial charge in [-0.05, 0) is 42.0 Å². The van der Waals surface area contributed by atoms with Crippen LogP contribution in [0.2, 0.25) is 0 Å². The summed E-state index contributed by atoms with van der Waals surface area (Å²) in [5.74, 6) is 0. The average molecular weight is 173 g/mol. The molecule has 2 unspecified atom stereocenters. The molecule has 0 aromatic heterocycles. The van der Waals surface area contributed by atoms with Crippen LogP contribution in [0, 0.1) is 0 Å². The third-order valence-corrected chi connectivity index (χ3v) is 2.74. The number of rotatable bonds is 4. The van der Waals surface area contributed by atoms with Gasteiger partial charge in [-0.2, -0.15) is 0 Å². The van der Waals surface area contributed by atoms with E-state index in [1.54, 1.807) is 0 Å². The minimum atomic E-state index is 0.204. The molecule has 3 heteroatoms. The fourth-order valence-corrected chi connectivity index (χ4v) is 1.09. The highest BCUT2D eigenvalue weighted by Gasteiger charge is 2.22. The summed E-state index contributed by atoms with van der Waals surface area (Å²) in [4.78, 5) is 4.31. The van der Waals surface area contributed by atoms with Crippen molar-refractivity contribution in [2.45, 2.75) is 32.0 Å². The molecule has 0 radical (unpaired) electrons. The van der Waals surface area contributed by atoms with Crippen LogP contribution in [0.15, 0.2) is 0 Å². The number of hydrogen-bond acceptors (Lipinski definition) is 3. The topological polar surface area (TPSA) is 32.5 Å². The fourth-order valence-electron chi connectivity index (χ4n) is 1.09. The zero-order valence-corrected chi connectivity index (χ0v) is 9.20. The van der Waals surface area contributed by atoms with E-state index in [0.717, 1.165) is 0 Å². The normalized spacial score (nSPS) is 19.8. The molecule has 0 aliphatic heterocycles. The zero-order chi connectivity index (χ0) is 9.89. The summed E-state index contributed by atoms with van der Waals surface area (Å²) in [5.41, 5.74) is 6.08. The Bertz CT molecular complexity index is 109. The number of nitrogens with two attached hydrogens (primary N) is 1. The predicted molar refractivity (Wildman–Crippen MR) is 54.3 cm³/mol. The third-order valence-electron chi connectivity index (χ3n) is 2.74. The molecule has 0 rings (SSSR count). The quantitative estimate of drug-likeness (QED) is 0.660. The second-order valence-corrected chi connectivity index (χ2v) is 3.99. The third kappa shape index (κ3) is 3.09. The van der Waals surface area contributed by atoms with Gasteiger partial charge in [-0.25, -0.2) is 0 Å². The van der Waals surface area contributed by atoms with Gasteiger partial charge in [0.25, 0.3) is 0 Å². The first-order valence-corrected chi connectivity index (χ1v) is 4.46. The highest BCUT2D eigenvalue weighted by molar-refractivity contribution is 4.83. The highest BCUT2D eigenvalue weighted by atomic mass is 15.2. The monoisotopic (exact) mass is 173 g/mol. The van der Waals surface area contributed by atoms with E-state index < -0.39 is 0 Å². The fraction of sp³-hybridized carbons (Fsp3) is 1.00. The lowest BCUT2D eigenvalue weighted by Gasteiger charge is -2.33. The summed E-state index contributed by atoms with van der Waals surface area (Å²) in [6.07, 6.45) is 0. The van der Waals surface area contributed by atoms with Gasteiger partial charge in [0.05, 0.1) is 0 Å². The SMILES string of the molecule is CC(C(N)C(C)N(C)C)N(C)C. The summed E-state index contributed by atoms with van der Waals surface area (Å²) < 4.78 is 0. The first-order valence-electron chi connectivity index (χ1n) is 4.46. The molecule has 0 spiro atoms. The molecule has 12 heavy (non-hydrogen) atoms. The molecular weight excluding hydrogens is 150 g/mol. The maximum atomic E-state index is 6.08. The number of nitrogens with zero attached hydrogens (tertiary/aromatic N) is 2. The summed E-state index contributed by atoms with van der Waals surface area (Å²) in [5, 5.41) is 0. The first kappa shape index (κ1) is 11.9. The van der Waals surface area contributed by atoms with Gasteiger partial charge in [0.1, 0.15) is 0 Å². The first-order chi connectivity index (χ1) is 5.37. The molecule has 0 fully saturated rings. The number of hydrogen-bond donors (Lipinski definition) is 1. The van der Waals surface area contributed by atoms with Gasteiger partial charge in [0.2, 0.25) is 0 Å². The van der Waals surface area contributed by atoms with Crippen molar-refractivity contribution in [2.24, 2.45) is 5.73 Å². The van der Waals surface area contributed by atoms with Crippen LogP contribution in [0.25, 0.3) is 0 Å². The van der Waals surface area contributed by atoms with Crippen molar-refractivity contribution in [3.05, 3.63) is 0 Å². The largest absolute Gasteiger partial charge is 0.325 e. The van der Waals surface area contributed by atoms with Crippen LogP contribution in [0.1, 0.15) is 13.8 Å². The Morgan fingerprint density at radius 1 is 0.833 bits per heavy atom. The highest BCUT2D eigenvalue weighted by Crippen LogP contribution is 2.05. The summed E-state index contributed by atoms with van der Waals surface area (Å²) in [6, 6.07) is 1.04. The van der Waals surface area contributed by atoms with E-state index >= 15 is 0 Å². The Hall–Kier alpha value is -0.120. The van der Waals surface area contributed by atoms with Gasteiger partial charge in [-0.1, -0.05) is 0 Å². The van der Waals surface area contributed by atoms with E-state index in [2.05, 4.69) is 51.8 Å². The second-order valence-electron chi connectivity index (χ2n) is 3.99. The van der Waals surface area contributed by atoms with Crippen molar-refractivity contribution in [1.29, 1.82) is 0 Å². The van der Waals surface area contributed by atoms with Gasteiger partial charge in [0, 0.05) is 18.1 Å². The molecule has 0 aromatic carbocycles. The van der Waals surface area contributed by atoms with Crippen LogP contribution in [0.5, 0.6) is 0 Å². The molecule has 0 heterocycles. The van der Waals surface area contributed by atoms with Crippen LogP contribution in [-0.2, 0) is 0 Å². The molecule has 2 N–H and O–H groups in total. The molecule has 0 saturated heterocycles. The van der Waals surface area contributed by atoms with Crippen molar-refractivity contribution in [3.8, 4) is 0 Å². The van der Waals surface area contributed by atoms with Gasteiger partial charge >= 0.3 is 0 Å².